The van der Waals surface area contributed by atoms with Gasteiger partial charge in [-0.3, -0.25) is 9.69 Å². The maximum absolute atomic E-state index is 12.0. The molecule has 0 amide bonds. The molecule has 0 aliphatic heterocycles. The van der Waals surface area contributed by atoms with Crippen LogP contribution >= 0.6 is 11.8 Å². The predicted octanol–water partition coefficient (Wildman–Crippen LogP) is 3.03. The smallest absolute Gasteiger partial charge is 0.317 e. The molecule has 0 fully saturated rings. The van der Waals surface area contributed by atoms with Crippen molar-refractivity contribution in [3.8, 4) is 0 Å². The van der Waals surface area contributed by atoms with E-state index in [1.165, 1.54) is 0 Å². The maximum Gasteiger partial charge on any atom is 0.317 e. The van der Waals surface area contributed by atoms with Crippen LogP contribution in [0.3, 0.4) is 0 Å². The highest BCUT2D eigenvalue weighted by Crippen LogP contribution is 2.22. The topological polar surface area (TPSA) is 53.7 Å². The van der Waals surface area contributed by atoms with Crippen LogP contribution in [-0.4, -0.2) is 34.3 Å². The fourth-order valence-electron chi connectivity index (χ4n) is 1.52. The van der Waals surface area contributed by atoms with Crippen LogP contribution < -0.4 is 0 Å². The Labute approximate surface area is 114 Å². The lowest BCUT2D eigenvalue weighted by molar-refractivity contribution is -0.139. The molecule has 0 bridgehead atoms. The second kappa shape index (κ2) is 7.49. The summed E-state index contributed by atoms with van der Waals surface area (Å²) in [5.74, 6) is -2.17. The summed E-state index contributed by atoms with van der Waals surface area (Å²) >= 11 is 0.499. The standard InChI is InChI=1S/C12H17F2NO3S/c1-8(2)15(6-11(16)17)5-9-3-4-10(18-9)7-19-12(13)14/h3-4,8,12H,5-7H2,1-2H3,(H,16,17). The molecule has 1 aromatic rings. The van der Waals surface area contributed by atoms with Gasteiger partial charge in [-0.2, -0.15) is 8.78 Å². The van der Waals surface area contributed by atoms with Crippen molar-refractivity contribution >= 4 is 17.7 Å². The van der Waals surface area contributed by atoms with Crippen LogP contribution in [-0.2, 0) is 17.1 Å². The normalized spacial score (nSPS) is 11.7. The molecule has 0 radical (unpaired) electrons. The molecule has 0 spiro atoms. The van der Waals surface area contributed by atoms with Crippen LogP contribution in [0, 0.1) is 0 Å². The van der Waals surface area contributed by atoms with E-state index >= 15 is 0 Å². The van der Waals surface area contributed by atoms with Gasteiger partial charge in [0, 0.05) is 6.04 Å². The van der Waals surface area contributed by atoms with Crippen LogP contribution in [0.4, 0.5) is 8.78 Å². The third-order valence-electron chi connectivity index (χ3n) is 2.50. The number of halogens is 2. The molecule has 1 aromatic heterocycles. The summed E-state index contributed by atoms with van der Waals surface area (Å²) in [6.07, 6.45) is 0. The minimum atomic E-state index is -2.42. The summed E-state index contributed by atoms with van der Waals surface area (Å²) in [5, 5.41) is 8.80. The zero-order valence-electron chi connectivity index (χ0n) is 10.8. The summed E-state index contributed by atoms with van der Waals surface area (Å²) in [5.41, 5.74) is 0. The number of hydrogen-bond acceptors (Lipinski definition) is 4. The van der Waals surface area contributed by atoms with E-state index < -0.39 is 11.7 Å². The lowest BCUT2D eigenvalue weighted by Gasteiger charge is -2.23. The minimum Gasteiger partial charge on any atom is -0.480 e. The van der Waals surface area contributed by atoms with Gasteiger partial charge in [-0.25, -0.2) is 0 Å². The van der Waals surface area contributed by atoms with E-state index in [9.17, 15) is 13.6 Å². The molecule has 108 valence electrons. The van der Waals surface area contributed by atoms with Gasteiger partial charge in [-0.05, 0) is 26.0 Å². The van der Waals surface area contributed by atoms with E-state index in [4.69, 9.17) is 9.52 Å². The van der Waals surface area contributed by atoms with Gasteiger partial charge in [0.05, 0.1) is 18.8 Å². The van der Waals surface area contributed by atoms with Gasteiger partial charge < -0.3 is 9.52 Å². The number of carboxylic acid groups (broad SMARTS) is 1. The molecule has 0 saturated heterocycles. The summed E-state index contributed by atoms with van der Waals surface area (Å²) in [4.78, 5) is 12.5. The van der Waals surface area contributed by atoms with Crippen molar-refractivity contribution in [2.45, 2.75) is 37.9 Å². The van der Waals surface area contributed by atoms with Crippen LogP contribution in [0.2, 0.25) is 0 Å². The molecule has 0 aliphatic rings. The number of rotatable bonds is 8. The maximum atomic E-state index is 12.0. The van der Waals surface area contributed by atoms with Crippen LogP contribution in [0.5, 0.6) is 0 Å². The Morgan fingerprint density at radius 3 is 2.58 bits per heavy atom. The van der Waals surface area contributed by atoms with Gasteiger partial charge in [-0.15, -0.1) is 0 Å². The Balaban J connectivity index is 2.57. The SMILES string of the molecule is CC(C)N(CC(=O)O)Cc1ccc(CSC(F)F)o1. The Bertz CT molecular complexity index is 409. The van der Waals surface area contributed by atoms with Gasteiger partial charge >= 0.3 is 5.97 Å². The first kappa shape index (κ1) is 16.0. The average molecular weight is 293 g/mol. The number of aliphatic carboxylic acids is 1. The van der Waals surface area contributed by atoms with Crippen LogP contribution in [0.15, 0.2) is 16.5 Å². The molecule has 7 heteroatoms. The number of carboxylic acids is 1. The molecular weight excluding hydrogens is 276 g/mol. The van der Waals surface area contributed by atoms with Crippen LogP contribution in [0.25, 0.3) is 0 Å². The zero-order valence-corrected chi connectivity index (χ0v) is 11.6. The highest BCUT2D eigenvalue weighted by atomic mass is 32.2. The first-order chi connectivity index (χ1) is 8.88. The van der Waals surface area contributed by atoms with Crippen molar-refractivity contribution in [1.82, 2.24) is 4.90 Å². The van der Waals surface area contributed by atoms with Gasteiger partial charge in [-0.1, -0.05) is 11.8 Å². The molecule has 1 N–H and O–H groups in total. The summed E-state index contributed by atoms with van der Waals surface area (Å²) in [6, 6.07) is 3.39. The molecule has 0 aliphatic carbocycles. The van der Waals surface area contributed by atoms with Gasteiger partial charge in [0.1, 0.15) is 11.5 Å². The van der Waals surface area contributed by atoms with Crippen molar-refractivity contribution in [2.75, 3.05) is 6.54 Å². The monoisotopic (exact) mass is 293 g/mol. The first-order valence-corrected chi connectivity index (χ1v) is 6.86. The molecule has 0 aromatic carbocycles. The number of thioether (sulfide) groups is 1. The molecule has 0 saturated carbocycles. The number of hydrogen-bond donors (Lipinski definition) is 1. The number of furan rings is 1. The van der Waals surface area contributed by atoms with Crippen LogP contribution in [0.1, 0.15) is 25.4 Å². The van der Waals surface area contributed by atoms with Crippen molar-refractivity contribution < 1.29 is 23.1 Å². The van der Waals surface area contributed by atoms with E-state index in [1.807, 2.05) is 13.8 Å². The van der Waals surface area contributed by atoms with Gasteiger partial charge in [0.15, 0.2) is 0 Å². The summed E-state index contributed by atoms with van der Waals surface area (Å²) in [7, 11) is 0. The Kier molecular flexibility index (Phi) is 6.30. The van der Waals surface area contributed by atoms with E-state index in [1.54, 1.807) is 17.0 Å². The molecule has 0 atom stereocenters. The number of nitrogens with zero attached hydrogens (tertiary/aromatic N) is 1. The Morgan fingerprint density at radius 2 is 2.05 bits per heavy atom. The molecule has 4 nitrogen and oxygen atoms in total. The van der Waals surface area contributed by atoms with E-state index in [2.05, 4.69) is 0 Å². The molecule has 19 heavy (non-hydrogen) atoms. The largest absolute Gasteiger partial charge is 0.480 e. The second-order valence-electron chi connectivity index (χ2n) is 4.33. The van der Waals surface area contributed by atoms with Crippen molar-refractivity contribution in [1.29, 1.82) is 0 Å². The van der Waals surface area contributed by atoms with Crippen molar-refractivity contribution in [3.63, 3.8) is 0 Å². The van der Waals surface area contributed by atoms with Crippen molar-refractivity contribution in [3.05, 3.63) is 23.7 Å². The average Bonchev–Trinajstić information content (AvgIpc) is 2.72. The lowest BCUT2D eigenvalue weighted by Crippen LogP contribution is -2.34. The summed E-state index contributed by atoms with van der Waals surface area (Å²) in [6.45, 7) is 4.04. The Hall–Kier alpha value is -1.08. The first-order valence-electron chi connectivity index (χ1n) is 5.81. The molecule has 1 heterocycles. The highest BCUT2D eigenvalue weighted by molar-refractivity contribution is 7.98. The summed E-state index contributed by atoms with van der Waals surface area (Å²) < 4.78 is 29.5. The zero-order chi connectivity index (χ0) is 14.4. The third kappa shape index (κ3) is 6.07. The molecule has 0 unspecified atom stereocenters. The fraction of sp³-hybridized carbons (Fsp3) is 0.583. The Morgan fingerprint density at radius 1 is 1.42 bits per heavy atom. The third-order valence-corrected chi connectivity index (χ3v) is 3.20. The fourth-order valence-corrected chi connectivity index (χ4v) is 1.97. The number of alkyl halides is 2. The quantitative estimate of drug-likeness (QED) is 0.798. The molecular formula is C12H17F2NO3S. The van der Waals surface area contributed by atoms with Crippen molar-refractivity contribution in [2.24, 2.45) is 0 Å². The number of carbonyl (C=O) groups is 1. The minimum absolute atomic E-state index is 0.0556. The molecule has 1 rings (SSSR count). The highest BCUT2D eigenvalue weighted by Gasteiger charge is 2.16. The van der Waals surface area contributed by atoms with E-state index in [-0.39, 0.29) is 18.3 Å². The predicted molar refractivity (Wildman–Crippen MR) is 69.2 cm³/mol. The van der Waals surface area contributed by atoms with E-state index in [0.29, 0.717) is 29.8 Å². The second-order valence-corrected chi connectivity index (χ2v) is 5.31. The van der Waals surface area contributed by atoms with Gasteiger partial charge in [0.25, 0.3) is 5.76 Å². The van der Waals surface area contributed by atoms with E-state index in [0.717, 1.165) is 0 Å². The van der Waals surface area contributed by atoms with Gasteiger partial charge in [0.2, 0.25) is 0 Å². The lowest BCUT2D eigenvalue weighted by atomic mass is 10.3.